The van der Waals surface area contributed by atoms with Gasteiger partial charge in [-0.05, 0) is 41.8 Å². The summed E-state index contributed by atoms with van der Waals surface area (Å²) in [5.41, 5.74) is 13.5. The molecule has 124 valence electrons. The number of anilines is 1. The van der Waals surface area contributed by atoms with Gasteiger partial charge >= 0.3 is 0 Å². The zero-order valence-corrected chi connectivity index (χ0v) is 15.1. The van der Waals surface area contributed by atoms with Crippen molar-refractivity contribution >= 4 is 33.0 Å². The van der Waals surface area contributed by atoms with E-state index < -0.39 is 5.91 Å². The Bertz CT molecular complexity index is 780. The maximum atomic E-state index is 11.8. The molecule has 2 aromatic rings. The summed E-state index contributed by atoms with van der Waals surface area (Å²) in [7, 11) is 0. The van der Waals surface area contributed by atoms with Crippen molar-refractivity contribution < 1.29 is 4.79 Å². The second kappa shape index (κ2) is 5.21. The van der Waals surface area contributed by atoms with Gasteiger partial charge in [-0.25, -0.2) is 4.52 Å². The third-order valence-electron chi connectivity index (χ3n) is 5.48. The molecule has 0 aliphatic heterocycles. The maximum absolute atomic E-state index is 11.8. The number of halogens is 1. The standard InChI is InChI=1S/C16H22BrN5O/c1-15(2)12(4-5-16(15,3)19)21-13-10(14(18)23)7-20-22-8-9(17)6-11(13)22/h6-8,12,21H,4-5,19H2,1-3H3,(H2,18,23)/t12-,16+/m1/s1. The Hall–Kier alpha value is -1.60. The predicted molar refractivity (Wildman–Crippen MR) is 94.4 cm³/mol. The molecule has 6 nitrogen and oxygen atoms in total. The summed E-state index contributed by atoms with van der Waals surface area (Å²) < 4.78 is 2.62. The van der Waals surface area contributed by atoms with Crippen molar-refractivity contribution in [2.24, 2.45) is 16.9 Å². The lowest BCUT2D eigenvalue weighted by Crippen LogP contribution is -2.51. The summed E-state index contributed by atoms with van der Waals surface area (Å²) in [5.74, 6) is -0.494. The number of fused-ring (bicyclic) bond motifs is 1. The highest BCUT2D eigenvalue weighted by Gasteiger charge is 2.49. The van der Waals surface area contributed by atoms with Crippen molar-refractivity contribution in [1.82, 2.24) is 9.61 Å². The molecule has 5 N–H and O–H groups in total. The average molecular weight is 380 g/mol. The molecule has 0 radical (unpaired) electrons. The third-order valence-corrected chi connectivity index (χ3v) is 5.92. The second-order valence-electron chi connectivity index (χ2n) is 7.16. The Morgan fingerprint density at radius 3 is 2.74 bits per heavy atom. The molecule has 1 fully saturated rings. The smallest absolute Gasteiger partial charge is 0.252 e. The first-order valence-corrected chi connectivity index (χ1v) is 8.45. The summed E-state index contributed by atoms with van der Waals surface area (Å²) in [6, 6.07) is 2.07. The summed E-state index contributed by atoms with van der Waals surface area (Å²) in [6.45, 7) is 6.40. The lowest BCUT2D eigenvalue weighted by atomic mass is 9.75. The minimum Gasteiger partial charge on any atom is -0.379 e. The van der Waals surface area contributed by atoms with Crippen molar-refractivity contribution in [2.45, 2.75) is 45.2 Å². The van der Waals surface area contributed by atoms with Crippen LogP contribution in [-0.4, -0.2) is 27.1 Å². The Morgan fingerprint density at radius 1 is 1.48 bits per heavy atom. The molecule has 2 heterocycles. The first kappa shape index (κ1) is 16.3. The van der Waals surface area contributed by atoms with Crippen LogP contribution in [0.25, 0.3) is 5.52 Å². The highest BCUT2D eigenvalue weighted by Crippen LogP contribution is 2.46. The van der Waals surface area contributed by atoms with E-state index in [-0.39, 0.29) is 17.0 Å². The fourth-order valence-corrected chi connectivity index (χ4v) is 3.73. The molecule has 0 saturated heterocycles. The van der Waals surface area contributed by atoms with Crippen LogP contribution < -0.4 is 16.8 Å². The molecule has 3 rings (SSSR count). The van der Waals surface area contributed by atoms with Gasteiger partial charge in [0, 0.05) is 27.7 Å². The van der Waals surface area contributed by atoms with E-state index >= 15 is 0 Å². The van der Waals surface area contributed by atoms with E-state index in [9.17, 15) is 4.79 Å². The van der Waals surface area contributed by atoms with Crippen molar-refractivity contribution in [3.63, 3.8) is 0 Å². The lowest BCUT2D eigenvalue weighted by molar-refractivity contribution is 0.100. The first-order valence-electron chi connectivity index (χ1n) is 7.65. The lowest BCUT2D eigenvalue weighted by Gasteiger charge is -2.39. The Morgan fingerprint density at radius 2 is 2.17 bits per heavy atom. The van der Waals surface area contributed by atoms with E-state index in [1.54, 1.807) is 4.52 Å². The number of hydrogen-bond acceptors (Lipinski definition) is 4. The van der Waals surface area contributed by atoms with Gasteiger partial charge in [0.25, 0.3) is 5.91 Å². The number of hydrogen-bond donors (Lipinski definition) is 3. The summed E-state index contributed by atoms with van der Waals surface area (Å²) in [6.07, 6.45) is 5.22. The maximum Gasteiger partial charge on any atom is 0.252 e. The highest BCUT2D eigenvalue weighted by molar-refractivity contribution is 9.10. The molecule has 0 aromatic carbocycles. The van der Waals surface area contributed by atoms with Crippen LogP contribution in [0.15, 0.2) is 22.9 Å². The van der Waals surface area contributed by atoms with Crippen molar-refractivity contribution in [1.29, 1.82) is 0 Å². The van der Waals surface area contributed by atoms with Crippen LogP contribution in [0, 0.1) is 5.41 Å². The number of aromatic nitrogens is 2. The Kier molecular flexibility index (Phi) is 3.68. The number of rotatable bonds is 3. The summed E-state index contributed by atoms with van der Waals surface area (Å²) >= 11 is 3.45. The van der Waals surface area contributed by atoms with Gasteiger partial charge in [0.1, 0.15) is 0 Å². The molecule has 1 saturated carbocycles. The second-order valence-corrected chi connectivity index (χ2v) is 8.08. The van der Waals surface area contributed by atoms with E-state index in [2.05, 4.69) is 47.1 Å². The molecular formula is C16H22BrN5O. The third kappa shape index (κ3) is 2.52. The van der Waals surface area contributed by atoms with Gasteiger partial charge in [0.15, 0.2) is 0 Å². The number of primary amides is 1. The van der Waals surface area contributed by atoms with Gasteiger partial charge in [-0.3, -0.25) is 4.79 Å². The molecule has 0 unspecified atom stereocenters. The van der Waals surface area contributed by atoms with Gasteiger partial charge in [0.05, 0.1) is 23.0 Å². The highest BCUT2D eigenvalue weighted by atomic mass is 79.9. The van der Waals surface area contributed by atoms with Gasteiger partial charge in [0.2, 0.25) is 0 Å². The van der Waals surface area contributed by atoms with Gasteiger partial charge in [-0.2, -0.15) is 5.10 Å². The quantitative estimate of drug-likeness (QED) is 0.762. The molecule has 2 aromatic heterocycles. The molecule has 1 aliphatic carbocycles. The van der Waals surface area contributed by atoms with Gasteiger partial charge in [-0.1, -0.05) is 13.8 Å². The number of nitrogens with two attached hydrogens (primary N) is 2. The van der Waals surface area contributed by atoms with E-state index in [4.69, 9.17) is 11.5 Å². The van der Waals surface area contributed by atoms with Gasteiger partial charge in [-0.15, -0.1) is 0 Å². The average Bonchev–Trinajstić information content (AvgIpc) is 2.90. The van der Waals surface area contributed by atoms with Crippen molar-refractivity contribution in [2.75, 3.05) is 5.32 Å². The summed E-state index contributed by atoms with van der Waals surface area (Å²) in [5, 5.41) is 7.78. The molecule has 0 spiro atoms. The zero-order chi connectivity index (χ0) is 17.0. The first-order chi connectivity index (χ1) is 10.6. The number of carbonyl (C=O) groups is 1. The minimum absolute atomic E-state index is 0.119. The predicted octanol–water partition coefficient (Wildman–Crippen LogP) is 2.51. The van der Waals surface area contributed by atoms with Crippen LogP contribution in [0.4, 0.5) is 5.69 Å². The fraction of sp³-hybridized carbons (Fsp3) is 0.500. The molecule has 2 atom stereocenters. The van der Waals surface area contributed by atoms with Crippen molar-refractivity contribution in [3.8, 4) is 0 Å². The van der Waals surface area contributed by atoms with Crippen LogP contribution >= 0.6 is 15.9 Å². The largest absolute Gasteiger partial charge is 0.379 e. The van der Waals surface area contributed by atoms with Crippen LogP contribution in [0.3, 0.4) is 0 Å². The number of nitrogens with one attached hydrogen (secondary N) is 1. The van der Waals surface area contributed by atoms with Gasteiger partial charge < -0.3 is 16.8 Å². The Labute approximate surface area is 143 Å². The summed E-state index contributed by atoms with van der Waals surface area (Å²) in [4.78, 5) is 11.8. The molecule has 0 bridgehead atoms. The van der Waals surface area contributed by atoms with Crippen molar-refractivity contribution in [3.05, 3.63) is 28.5 Å². The SMILES string of the molecule is CC1(C)[C@H](Nc2c(C(N)=O)cnn3cc(Br)cc23)CC[C@]1(C)N. The topological polar surface area (TPSA) is 98.4 Å². The van der Waals surface area contributed by atoms with Crippen LogP contribution in [0.5, 0.6) is 0 Å². The van der Waals surface area contributed by atoms with E-state index in [1.165, 1.54) is 6.20 Å². The number of amides is 1. The Balaban J connectivity index is 2.09. The van der Waals surface area contributed by atoms with Crippen LogP contribution in [-0.2, 0) is 0 Å². The number of nitrogens with zero attached hydrogens (tertiary/aromatic N) is 2. The van der Waals surface area contributed by atoms with Crippen LogP contribution in [0.2, 0.25) is 0 Å². The molecule has 23 heavy (non-hydrogen) atoms. The molecule has 1 amide bonds. The molecule has 1 aliphatic rings. The number of carbonyl (C=O) groups excluding carboxylic acids is 1. The monoisotopic (exact) mass is 379 g/mol. The van der Waals surface area contributed by atoms with E-state index in [0.717, 1.165) is 22.8 Å². The minimum atomic E-state index is -0.494. The fourth-order valence-electron chi connectivity index (χ4n) is 3.32. The van der Waals surface area contributed by atoms with E-state index in [0.29, 0.717) is 11.3 Å². The van der Waals surface area contributed by atoms with Crippen LogP contribution in [0.1, 0.15) is 44.0 Å². The van der Waals surface area contributed by atoms with E-state index in [1.807, 2.05) is 12.3 Å². The molecular weight excluding hydrogens is 358 g/mol. The molecule has 7 heteroatoms. The zero-order valence-electron chi connectivity index (χ0n) is 13.6. The normalized spacial score (nSPS) is 26.6.